The van der Waals surface area contributed by atoms with Crippen molar-refractivity contribution in [3.05, 3.63) is 65.0 Å². The fourth-order valence-electron chi connectivity index (χ4n) is 3.37. The largest absolute Gasteiger partial charge is 0.497 e. The summed E-state index contributed by atoms with van der Waals surface area (Å²) in [5.74, 6) is -0.509. The van der Waals surface area contributed by atoms with Crippen molar-refractivity contribution in [3.8, 4) is 11.8 Å². The average Bonchev–Trinajstić information content (AvgIpc) is 2.90. The Labute approximate surface area is 168 Å². The van der Waals surface area contributed by atoms with E-state index in [1.807, 2.05) is 30.3 Å². The van der Waals surface area contributed by atoms with Gasteiger partial charge in [0.2, 0.25) is 5.91 Å². The second kappa shape index (κ2) is 9.20. The number of nitrogens with one attached hydrogen (secondary N) is 1. The summed E-state index contributed by atoms with van der Waals surface area (Å²) in [6.45, 7) is 0.970. The van der Waals surface area contributed by atoms with Crippen LogP contribution in [-0.4, -0.2) is 36.4 Å². The third-order valence-corrected chi connectivity index (χ3v) is 4.99. The molecule has 0 radical (unpaired) electrons. The van der Waals surface area contributed by atoms with E-state index in [0.717, 1.165) is 17.4 Å². The lowest BCUT2D eigenvalue weighted by Crippen LogP contribution is -2.36. The average molecular weight is 395 g/mol. The Morgan fingerprint density at radius 2 is 2.14 bits per heavy atom. The van der Waals surface area contributed by atoms with Gasteiger partial charge in [0.1, 0.15) is 11.6 Å². The molecule has 1 atom stereocenters. The van der Waals surface area contributed by atoms with Gasteiger partial charge in [0.05, 0.1) is 24.3 Å². The number of benzene rings is 2. The van der Waals surface area contributed by atoms with Crippen LogP contribution in [0.3, 0.4) is 0 Å². The quantitative estimate of drug-likeness (QED) is 0.844. The standard InChI is InChI=1S/C22H22FN3O3/c1-29-18-4-2-3-16(11-18)14-26-10-9-17(6-8-21(26)27)25-22(28)19-7-5-15(13-24)12-20(19)23/h2-5,7,11-12,17H,6,8-10,14H2,1H3,(H,25,28). The van der Waals surface area contributed by atoms with Gasteiger partial charge in [-0.3, -0.25) is 9.59 Å². The van der Waals surface area contributed by atoms with Gasteiger partial charge in [0.25, 0.3) is 5.91 Å². The lowest BCUT2D eigenvalue weighted by atomic mass is 10.1. The lowest BCUT2D eigenvalue weighted by Gasteiger charge is -2.21. The molecular formula is C22H22FN3O3. The van der Waals surface area contributed by atoms with Crippen molar-refractivity contribution in [1.29, 1.82) is 5.26 Å². The summed E-state index contributed by atoms with van der Waals surface area (Å²) < 4.78 is 19.3. The van der Waals surface area contributed by atoms with Gasteiger partial charge < -0.3 is 15.0 Å². The molecule has 0 bridgehead atoms. The smallest absolute Gasteiger partial charge is 0.254 e. The number of nitriles is 1. The van der Waals surface area contributed by atoms with E-state index < -0.39 is 11.7 Å². The van der Waals surface area contributed by atoms with E-state index in [9.17, 15) is 14.0 Å². The summed E-state index contributed by atoms with van der Waals surface area (Å²) in [7, 11) is 1.60. The van der Waals surface area contributed by atoms with E-state index in [1.54, 1.807) is 12.0 Å². The fourth-order valence-corrected chi connectivity index (χ4v) is 3.37. The van der Waals surface area contributed by atoms with Crippen LogP contribution in [0.2, 0.25) is 0 Å². The summed E-state index contributed by atoms with van der Waals surface area (Å²) in [5.41, 5.74) is 1.03. The first-order chi connectivity index (χ1) is 14.0. The maximum absolute atomic E-state index is 14.1. The molecule has 0 aliphatic carbocycles. The van der Waals surface area contributed by atoms with Crippen LogP contribution in [0.25, 0.3) is 0 Å². The summed E-state index contributed by atoms with van der Waals surface area (Å²) >= 11 is 0. The number of carbonyl (C=O) groups is 2. The summed E-state index contributed by atoms with van der Waals surface area (Å²) in [4.78, 5) is 26.7. The highest BCUT2D eigenvalue weighted by atomic mass is 19.1. The van der Waals surface area contributed by atoms with Crippen LogP contribution >= 0.6 is 0 Å². The van der Waals surface area contributed by atoms with Gasteiger partial charge in [0.15, 0.2) is 0 Å². The minimum Gasteiger partial charge on any atom is -0.497 e. The van der Waals surface area contributed by atoms with Crippen LogP contribution in [0, 0.1) is 17.1 Å². The van der Waals surface area contributed by atoms with Crippen molar-refractivity contribution in [3.63, 3.8) is 0 Å². The van der Waals surface area contributed by atoms with Crippen molar-refractivity contribution >= 4 is 11.8 Å². The summed E-state index contributed by atoms with van der Waals surface area (Å²) in [6, 6.07) is 12.9. The van der Waals surface area contributed by atoms with Crippen LogP contribution in [-0.2, 0) is 11.3 Å². The minimum absolute atomic E-state index is 0.0223. The fraction of sp³-hybridized carbons (Fsp3) is 0.318. The molecule has 7 heteroatoms. The molecular weight excluding hydrogens is 373 g/mol. The third kappa shape index (κ3) is 5.11. The van der Waals surface area contributed by atoms with Crippen LogP contribution in [0.15, 0.2) is 42.5 Å². The number of hydrogen-bond donors (Lipinski definition) is 1. The van der Waals surface area contributed by atoms with Crippen LogP contribution in [0.5, 0.6) is 5.75 Å². The van der Waals surface area contributed by atoms with Crippen LogP contribution in [0.1, 0.15) is 40.7 Å². The molecule has 0 saturated carbocycles. The summed E-state index contributed by atoms with van der Waals surface area (Å²) in [6.07, 6.45) is 1.39. The maximum Gasteiger partial charge on any atom is 0.254 e. The lowest BCUT2D eigenvalue weighted by molar-refractivity contribution is -0.131. The zero-order valence-corrected chi connectivity index (χ0v) is 16.2. The molecule has 1 aliphatic rings. The molecule has 0 aromatic heterocycles. The molecule has 1 heterocycles. The Balaban J connectivity index is 1.62. The van der Waals surface area contributed by atoms with E-state index in [4.69, 9.17) is 10.00 Å². The molecule has 1 unspecified atom stereocenters. The molecule has 1 saturated heterocycles. The van der Waals surface area contributed by atoms with Gasteiger partial charge in [-0.25, -0.2) is 4.39 Å². The number of hydrogen-bond acceptors (Lipinski definition) is 4. The SMILES string of the molecule is COc1cccc(CN2CCC(NC(=O)c3ccc(C#N)cc3F)CCC2=O)c1. The molecule has 3 rings (SSSR count). The number of rotatable bonds is 5. The second-order valence-corrected chi connectivity index (χ2v) is 6.97. The molecule has 2 aromatic rings. The highest BCUT2D eigenvalue weighted by Gasteiger charge is 2.24. The predicted octanol–water partition coefficient (Wildman–Crippen LogP) is 3.02. The molecule has 6 nitrogen and oxygen atoms in total. The summed E-state index contributed by atoms with van der Waals surface area (Å²) in [5, 5.41) is 11.6. The van der Waals surface area contributed by atoms with E-state index in [2.05, 4.69) is 5.32 Å². The number of amides is 2. The molecule has 2 aromatic carbocycles. The van der Waals surface area contributed by atoms with E-state index in [1.165, 1.54) is 12.1 Å². The van der Waals surface area contributed by atoms with Gasteiger partial charge in [-0.05, 0) is 48.7 Å². The topological polar surface area (TPSA) is 82.4 Å². The van der Waals surface area contributed by atoms with Crippen LogP contribution in [0.4, 0.5) is 4.39 Å². The molecule has 150 valence electrons. The Morgan fingerprint density at radius 3 is 2.86 bits per heavy atom. The number of methoxy groups -OCH3 is 1. The number of halogens is 1. The van der Waals surface area contributed by atoms with Gasteiger partial charge >= 0.3 is 0 Å². The van der Waals surface area contributed by atoms with Crippen LogP contribution < -0.4 is 10.1 Å². The van der Waals surface area contributed by atoms with E-state index >= 15 is 0 Å². The first-order valence-corrected chi connectivity index (χ1v) is 9.41. The van der Waals surface area contributed by atoms with Gasteiger partial charge in [0, 0.05) is 25.6 Å². The monoisotopic (exact) mass is 395 g/mol. The highest BCUT2D eigenvalue weighted by Crippen LogP contribution is 2.19. The zero-order chi connectivity index (χ0) is 20.8. The predicted molar refractivity (Wildman–Crippen MR) is 105 cm³/mol. The van der Waals surface area contributed by atoms with E-state index in [0.29, 0.717) is 32.4 Å². The number of likely N-dealkylation sites (tertiary alicyclic amines) is 1. The first-order valence-electron chi connectivity index (χ1n) is 9.41. The van der Waals surface area contributed by atoms with Gasteiger partial charge in [-0.15, -0.1) is 0 Å². The highest BCUT2D eigenvalue weighted by molar-refractivity contribution is 5.94. The number of ether oxygens (including phenoxy) is 1. The van der Waals surface area contributed by atoms with E-state index in [-0.39, 0.29) is 23.1 Å². The van der Waals surface area contributed by atoms with Crippen molar-refractivity contribution in [1.82, 2.24) is 10.2 Å². The zero-order valence-electron chi connectivity index (χ0n) is 16.2. The first kappa shape index (κ1) is 20.3. The Hall–Kier alpha value is -3.40. The number of nitrogens with zero attached hydrogens (tertiary/aromatic N) is 2. The van der Waals surface area contributed by atoms with Crippen molar-refractivity contribution in [2.24, 2.45) is 0 Å². The second-order valence-electron chi connectivity index (χ2n) is 6.97. The third-order valence-electron chi connectivity index (χ3n) is 4.99. The van der Waals surface area contributed by atoms with Gasteiger partial charge in [-0.2, -0.15) is 5.26 Å². The van der Waals surface area contributed by atoms with Crippen molar-refractivity contribution < 1.29 is 18.7 Å². The minimum atomic E-state index is -0.731. The van der Waals surface area contributed by atoms with Crippen molar-refractivity contribution in [2.75, 3.05) is 13.7 Å². The van der Waals surface area contributed by atoms with Crippen molar-refractivity contribution in [2.45, 2.75) is 31.8 Å². The molecule has 1 fully saturated rings. The Kier molecular flexibility index (Phi) is 6.45. The normalized spacial score (nSPS) is 16.7. The number of carbonyl (C=O) groups excluding carboxylic acids is 2. The molecule has 0 spiro atoms. The molecule has 1 N–H and O–H groups in total. The molecule has 1 aliphatic heterocycles. The van der Waals surface area contributed by atoms with Gasteiger partial charge in [-0.1, -0.05) is 12.1 Å². The Bertz CT molecular complexity index is 955. The molecule has 29 heavy (non-hydrogen) atoms. The Morgan fingerprint density at radius 1 is 1.31 bits per heavy atom. The molecule has 2 amide bonds. The maximum atomic E-state index is 14.1.